The van der Waals surface area contributed by atoms with Crippen molar-refractivity contribution in [2.45, 2.75) is 26.8 Å². The first-order chi connectivity index (χ1) is 11.9. The van der Waals surface area contributed by atoms with E-state index in [1.807, 2.05) is 35.9 Å². The van der Waals surface area contributed by atoms with Crippen molar-refractivity contribution in [1.82, 2.24) is 4.57 Å². The fraction of sp³-hybridized carbons (Fsp3) is 0.211. The Balaban J connectivity index is 2.18. The van der Waals surface area contributed by atoms with Crippen molar-refractivity contribution in [2.24, 2.45) is 5.73 Å². The quantitative estimate of drug-likeness (QED) is 0.715. The third-order valence-electron chi connectivity index (χ3n) is 4.30. The van der Waals surface area contributed by atoms with E-state index in [1.54, 1.807) is 6.07 Å². The van der Waals surface area contributed by atoms with Crippen molar-refractivity contribution < 1.29 is 13.6 Å². The predicted octanol–water partition coefficient (Wildman–Crippen LogP) is 4.51. The zero-order chi connectivity index (χ0) is 18.1. The number of hydrogen-bond donors (Lipinski definition) is 1. The van der Waals surface area contributed by atoms with E-state index in [4.69, 9.17) is 5.73 Å². The van der Waals surface area contributed by atoms with Crippen LogP contribution in [-0.2, 0) is 13.0 Å². The lowest BCUT2D eigenvalue weighted by molar-refractivity contribution is 0.1000. The van der Waals surface area contributed by atoms with E-state index in [-0.39, 0.29) is 0 Å². The minimum atomic E-state index is -0.881. The second kappa shape index (κ2) is 6.80. The standard InChI is InChI=1S/C19H18F2N2OS/c1-3-15-18(16-5-4-8-25-16)17(19(22)24)11(2)23(15)10-12-6-7-13(20)14(21)9-12/h4-9H,3,10H2,1-2H3,(H2,22,24). The van der Waals surface area contributed by atoms with Crippen molar-refractivity contribution in [2.75, 3.05) is 0 Å². The number of primary amides is 1. The van der Waals surface area contributed by atoms with Gasteiger partial charge in [-0.05, 0) is 42.5 Å². The van der Waals surface area contributed by atoms with E-state index < -0.39 is 17.5 Å². The number of aromatic nitrogens is 1. The van der Waals surface area contributed by atoms with Crippen molar-refractivity contribution in [3.8, 4) is 10.4 Å². The molecule has 2 N–H and O–H groups in total. The number of amides is 1. The molecule has 130 valence electrons. The molecule has 0 bridgehead atoms. The summed E-state index contributed by atoms with van der Waals surface area (Å²) in [5, 5.41) is 1.95. The van der Waals surface area contributed by atoms with Crippen molar-refractivity contribution >= 4 is 17.2 Å². The minimum Gasteiger partial charge on any atom is -0.366 e. The number of hydrogen-bond acceptors (Lipinski definition) is 2. The Kier molecular flexibility index (Phi) is 4.72. The maximum Gasteiger partial charge on any atom is 0.251 e. The number of benzene rings is 1. The van der Waals surface area contributed by atoms with Gasteiger partial charge in [0.05, 0.1) is 5.56 Å². The molecule has 0 saturated heterocycles. The van der Waals surface area contributed by atoms with Crippen LogP contribution in [0.15, 0.2) is 35.7 Å². The molecule has 0 aliphatic carbocycles. The lowest BCUT2D eigenvalue weighted by atomic mass is 10.1. The summed E-state index contributed by atoms with van der Waals surface area (Å²) < 4.78 is 28.7. The Hall–Kier alpha value is -2.47. The fourth-order valence-corrected chi connectivity index (χ4v) is 3.99. The number of carbonyl (C=O) groups is 1. The number of carbonyl (C=O) groups excluding carboxylic acids is 1. The molecule has 0 radical (unpaired) electrons. The van der Waals surface area contributed by atoms with Crippen molar-refractivity contribution in [3.63, 3.8) is 0 Å². The van der Waals surface area contributed by atoms with Gasteiger partial charge in [-0.3, -0.25) is 4.79 Å². The van der Waals surface area contributed by atoms with Gasteiger partial charge in [0.25, 0.3) is 5.91 Å². The Morgan fingerprint density at radius 2 is 2.00 bits per heavy atom. The minimum absolute atomic E-state index is 0.345. The number of nitrogens with zero attached hydrogens (tertiary/aromatic N) is 1. The molecule has 0 fully saturated rings. The summed E-state index contributed by atoms with van der Waals surface area (Å²) in [7, 11) is 0. The second-order valence-electron chi connectivity index (χ2n) is 5.81. The van der Waals surface area contributed by atoms with Gasteiger partial charge in [0.1, 0.15) is 0 Å². The van der Waals surface area contributed by atoms with E-state index in [1.165, 1.54) is 17.4 Å². The molecule has 1 amide bonds. The maximum absolute atomic E-state index is 13.5. The van der Waals surface area contributed by atoms with Crippen LogP contribution in [0.4, 0.5) is 8.78 Å². The van der Waals surface area contributed by atoms with Crippen molar-refractivity contribution in [3.05, 3.63) is 69.9 Å². The smallest absolute Gasteiger partial charge is 0.251 e. The highest BCUT2D eigenvalue weighted by molar-refractivity contribution is 7.13. The average Bonchev–Trinajstić information content (AvgIpc) is 3.18. The molecule has 6 heteroatoms. The van der Waals surface area contributed by atoms with Crippen LogP contribution in [0.2, 0.25) is 0 Å². The molecule has 2 aromatic heterocycles. The summed E-state index contributed by atoms with van der Waals surface area (Å²) in [4.78, 5) is 13.0. The normalized spacial score (nSPS) is 11.0. The molecular weight excluding hydrogens is 342 g/mol. The fourth-order valence-electron chi connectivity index (χ4n) is 3.19. The van der Waals surface area contributed by atoms with Crippen LogP contribution in [0.3, 0.4) is 0 Å². The first-order valence-corrected chi connectivity index (χ1v) is 8.81. The van der Waals surface area contributed by atoms with Gasteiger partial charge in [-0.15, -0.1) is 11.3 Å². The Bertz CT molecular complexity index is 930. The van der Waals surface area contributed by atoms with Crippen molar-refractivity contribution in [1.29, 1.82) is 0 Å². The van der Waals surface area contributed by atoms with Crippen LogP contribution < -0.4 is 5.73 Å². The topological polar surface area (TPSA) is 48.0 Å². The lowest BCUT2D eigenvalue weighted by Crippen LogP contribution is -2.13. The van der Waals surface area contributed by atoms with Gasteiger partial charge >= 0.3 is 0 Å². The van der Waals surface area contributed by atoms with Crippen LogP contribution in [0.1, 0.15) is 34.2 Å². The molecule has 3 aromatic rings. The summed E-state index contributed by atoms with van der Waals surface area (Å²) in [6.07, 6.45) is 0.686. The first kappa shape index (κ1) is 17.4. The van der Waals surface area contributed by atoms with E-state index in [2.05, 4.69) is 0 Å². The third-order valence-corrected chi connectivity index (χ3v) is 5.19. The van der Waals surface area contributed by atoms with E-state index in [0.29, 0.717) is 24.1 Å². The number of thiophene rings is 1. The van der Waals surface area contributed by atoms with Gasteiger partial charge < -0.3 is 10.3 Å². The highest BCUT2D eigenvalue weighted by Crippen LogP contribution is 2.36. The van der Waals surface area contributed by atoms with E-state index in [0.717, 1.165) is 27.9 Å². The summed E-state index contributed by atoms with van der Waals surface area (Å²) in [5.74, 6) is -2.24. The van der Waals surface area contributed by atoms with Crippen LogP contribution >= 0.6 is 11.3 Å². The average molecular weight is 360 g/mol. The largest absolute Gasteiger partial charge is 0.366 e. The summed E-state index contributed by atoms with van der Waals surface area (Å²) in [5.41, 5.74) is 9.28. The highest BCUT2D eigenvalue weighted by Gasteiger charge is 2.24. The molecule has 3 nitrogen and oxygen atoms in total. The van der Waals surface area contributed by atoms with E-state index >= 15 is 0 Å². The number of rotatable bonds is 5. The van der Waals surface area contributed by atoms with Gasteiger partial charge in [-0.2, -0.15) is 0 Å². The molecule has 0 unspecified atom stereocenters. The molecule has 0 spiro atoms. The van der Waals surface area contributed by atoms with Crippen LogP contribution in [-0.4, -0.2) is 10.5 Å². The first-order valence-electron chi connectivity index (χ1n) is 7.93. The Labute approximate surface area is 148 Å². The lowest BCUT2D eigenvalue weighted by Gasteiger charge is -2.12. The van der Waals surface area contributed by atoms with Gasteiger partial charge in [-0.1, -0.05) is 19.1 Å². The SMILES string of the molecule is CCc1c(-c2cccs2)c(C(N)=O)c(C)n1Cc1ccc(F)c(F)c1. The molecule has 0 aliphatic rings. The third kappa shape index (κ3) is 3.09. The van der Waals surface area contributed by atoms with Crippen LogP contribution in [0, 0.1) is 18.6 Å². The van der Waals surface area contributed by atoms with Gasteiger partial charge in [-0.25, -0.2) is 8.78 Å². The van der Waals surface area contributed by atoms with Crippen LogP contribution in [0.25, 0.3) is 10.4 Å². The molecule has 0 aliphatic heterocycles. The van der Waals surface area contributed by atoms with Gasteiger partial charge in [0, 0.05) is 28.4 Å². The number of halogens is 2. The molecule has 0 saturated carbocycles. The summed E-state index contributed by atoms with van der Waals surface area (Å²) in [6.45, 7) is 4.17. The Morgan fingerprint density at radius 1 is 1.24 bits per heavy atom. The number of nitrogens with two attached hydrogens (primary N) is 1. The van der Waals surface area contributed by atoms with Gasteiger partial charge in [0.15, 0.2) is 11.6 Å². The zero-order valence-corrected chi connectivity index (χ0v) is 14.8. The zero-order valence-electron chi connectivity index (χ0n) is 14.0. The molecule has 2 heterocycles. The molecule has 1 aromatic carbocycles. The molecule has 0 atom stereocenters. The summed E-state index contributed by atoms with van der Waals surface area (Å²) >= 11 is 1.54. The highest BCUT2D eigenvalue weighted by atomic mass is 32.1. The monoisotopic (exact) mass is 360 g/mol. The van der Waals surface area contributed by atoms with Gasteiger partial charge in [0.2, 0.25) is 0 Å². The molecule has 3 rings (SSSR count). The Morgan fingerprint density at radius 3 is 2.56 bits per heavy atom. The second-order valence-corrected chi connectivity index (χ2v) is 6.76. The van der Waals surface area contributed by atoms with Crippen LogP contribution in [0.5, 0.6) is 0 Å². The molecular formula is C19H18F2N2OS. The maximum atomic E-state index is 13.5. The predicted molar refractivity (Wildman–Crippen MR) is 95.8 cm³/mol. The summed E-state index contributed by atoms with van der Waals surface area (Å²) in [6, 6.07) is 7.72. The molecule has 25 heavy (non-hydrogen) atoms. The van der Waals surface area contributed by atoms with E-state index in [9.17, 15) is 13.6 Å².